The molecule has 28 heavy (non-hydrogen) atoms. The largest absolute Gasteiger partial charge is 0.350 e. The Morgan fingerprint density at radius 1 is 1.25 bits per heavy atom. The third-order valence-corrected chi connectivity index (χ3v) is 6.87. The maximum absolute atomic E-state index is 12.7. The molecule has 9 heteroatoms. The number of sulfonamides is 1. The first-order chi connectivity index (χ1) is 13.4. The number of aromatic nitrogens is 3. The summed E-state index contributed by atoms with van der Waals surface area (Å²) < 4.78 is 28.4. The van der Waals surface area contributed by atoms with Gasteiger partial charge in [0.2, 0.25) is 10.0 Å². The molecule has 1 saturated heterocycles. The van der Waals surface area contributed by atoms with E-state index in [0.29, 0.717) is 31.7 Å². The van der Waals surface area contributed by atoms with Crippen LogP contribution in [0, 0.1) is 0 Å². The van der Waals surface area contributed by atoms with Gasteiger partial charge in [-0.15, -0.1) is 0 Å². The van der Waals surface area contributed by atoms with E-state index in [-0.39, 0.29) is 10.8 Å². The van der Waals surface area contributed by atoms with Crippen molar-refractivity contribution < 1.29 is 13.2 Å². The van der Waals surface area contributed by atoms with E-state index in [2.05, 4.69) is 15.3 Å². The van der Waals surface area contributed by atoms with Crippen LogP contribution in [0.2, 0.25) is 0 Å². The summed E-state index contributed by atoms with van der Waals surface area (Å²) in [5.74, 6) is 0.493. The molecule has 0 unspecified atom stereocenters. The Hall–Kier alpha value is -2.65. The van der Waals surface area contributed by atoms with Crippen molar-refractivity contribution in [2.45, 2.75) is 24.2 Å². The molecule has 1 aliphatic heterocycles. The van der Waals surface area contributed by atoms with Crippen LogP contribution in [0.4, 0.5) is 0 Å². The number of para-hydroxylation sites is 2. The number of carbonyl (C=O) groups excluding carboxylic acids is 1. The predicted octanol–water partition coefficient (Wildman–Crippen LogP) is 1.66. The van der Waals surface area contributed by atoms with E-state index in [9.17, 15) is 13.2 Å². The van der Waals surface area contributed by atoms with Crippen molar-refractivity contribution in [3.05, 3.63) is 48.0 Å². The number of hydrogen-bond acceptors (Lipinski definition) is 4. The molecule has 2 aromatic heterocycles. The molecule has 8 nitrogen and oxygen atoms in total. The molecule has 0 radical (unpaired) electrons. The van der Waals surface area contributed by atoms with Crippen molar-refractivity contribution >= 4 is 27.0 Å². The molecule has 0 spiro atoms. The number of fused-ring (bicyclic) bond motifs is 1. The second-order valence-corrected chi connectivity index (χ2v) is 8.93. The monoisotopic (exact) mass is 401 g/mol. The highest BCUT2D eigenvalue weighted by atomic mass is 32.2. The molecule has 4 rings (SSSR count). The zero-order chi connectivity index (χ0) is 19.7. The number of H-pyrrole nitrogens is 1. The number of aryl methyl sites for hydroxylation is 1. The van der Waals surface area contributed by atoms with Gasteiger partial charge in [0.25, 0.3) is 5.91 Å². The van der Waals surface area contributed by atoms with E-state index in [1.54, 1.807) is 11.6 Å². The lowest BCUT2D eigenvalue weighted by molar-refractivity contribution is 0.0946. The average Bonchev–Trinajstić information content (AvgIpc) is 3.40. The second kappa shape index (κ2) is 7.40. The Labute approximate surface area is 163 Å². The first kappa shape index (κ1) is 18.7. The lowest BCUT2D eigenvalue weighted by Crippen LogP contribution is -2.28. The van der Waals surface area contributed by atoms with Crippen molar-refractivity contribution in [3.8, 4) is 0 Å². The van der Waals surface area contributed by atoms with Crippen LogP contribution in [0.25, 0.3) is 11.0 Å². The minimum Gasteiger partial charge on any atom is -0.350 e. The molecule has 0 atom stereocenters. The molecule has 1 amide bonds. The first-order valence-corrected chi connectivity index (χ1v) is 10.8. The number of imidazole rings is 1. The average molecular weight is 401 g/mol. The lowest BCUT2D eigenvalue weighted by Gasteiger charge is -2.13. The molecule has 2 N–H and O–H groups in total. The van der Waals surface area contributed by atoms with E-state index < -0.39 is 10.0 Å². The molecule has 1 aromatic carbocycles. The minimum atomic E-state index is -3.53. The van der Waals surface area contributed by atoms with Crippen LogP contribution >= 0.6 is 0 Å². The van der Waals surface area contributed by atoms with E-state index in [1.165, 1.54) is 16.6 Å². The molecule has 0 saturated carbocycles. The van der Waals surface area contributed by atoms with Crippen molar-refractivity contribution in [3.63, 3.8) is 0 Å². The van der Waals surface area contributed by atoms with Gasteiger partial charge in [0.1, 0.15) is 16.4 Å². The van der Waals surface area contributed by atoms with Crippen molar-refractivity contribution in [1.82, 2.24) is 24.2 Å². The van der Waals surface area contributed by atoms with Crippen molar-refractivity contribution in [2.75, 3.05) is 19.6 Å². The van der Waals surface area contributed by atoms with Crippen LogP contribution in [0.15, 0.2) is 41.4 Å². The fraction of sp³-hybridized carbons (Fsp3) is 0.368. The molecule has 148 valence electrons. The smallest absolute Gasteiger partial charge is 0.267 e. The normalized spacial score (nSPS) is 15.3. The quantitative estimate of drug-likeness (QED) is 0.656. The highest BCUT2D eigenvalue weighted by molar-refractivity contribution is 7.89. The Balaban J connectivity index is 1.41. The van der Waals surface area contributed by atoms with Crippen LogP contribution in [0.5, 0.6) is 0 Å². The minimum absolute atomic E-state index is 0.166. The summed E-state index contributed by atoms with van der Waals surface area (Å²) >= 11 is 0. The summed E-state index contributed by atoms with van der Waals surface area (Å²) in [7, 11) is -1.86. The predicted molar refractivity (Wildman–Crippen MR) is 106 cm³/mol. The maximum Gasteiger partial charge on any atom is 0.267 e. The topological polar surface area (TPSA) is 100 Å². The summed E-state index contributed by atoms with van der Waals surface area (Å²) in [6.45, 7) is 1.48. The SMILES string of the molecule is Cn1cc(S(=O)(=O)N2CCCC2)cc1C(=O)NCCc1nc2ccccc2[nH]1. The van der Waals surface area contributed by atoms with Gasteiger partial charge in [-0.05, 0) is 31.0 Å². The number of aromatic amines is 1. The maximum atomic E-state index is 12.7. The highest BCUT2D eigenvalue weighted by Gasteiger charge is 2.29. The lowest BCUT2D eigenvalue weighted by atomic mass is 10.3. The number of rotatable bonds is 6. The van der Waals surface area contributed by atoms with Gasteiger partial charge in [0.05, 0.1) is 11.0 Å². The van der Waals surface area contributed by atoms with Crippen molar-refractivity contribution in [2.24, 2.45) is 7.05 Å². The Bertz CT molecular complexity index is 1080. The van der Waals surface area contributed by atoms with Crippen LogP contribution < -0.4 is 5.32 Å². The molecule has 3 heterocycles. The van der Waals surface area contributed by atoms with E-state index >= 15 is 0 Å². The van der Waals surface area contributed by atoms with Gasteiger partial charge >= 0.3 is 0 Å². The molecule has 3 aromatic rings. The van der Waals surface area contributed by atoms with E-state index in [0.717, 1.165) is 29.7 Å². The standard InChI is InChI=1S/C19H23N5O3S/c1-23-13-14(28(26,27)24-10-4-5-11-24)12-17(23)19(25)20-9-8-18-21-15-6-2-3-7-16(15)22-18/h2-3,6-7,12-13H,4-5,8-11H2,1H3,(H,20,25)(H,21,22). The van der Waals surface area contributed by atoms with Gasteiger partial charge in [-0.3, -0.25) is 4.79 Å². The Morgan fingerprint density at radius 2 is 2.00 bits per heavy atom. The van der Waals surface area contributed by atoms with Crippen LogP contribution in [0.1, 0.15) is 29.2 Å². The van der Waals surface area contributed by atoms with Crippen LogP contribution in [0.3, 0.4) is 0 Å². The number of nitrogens with zero attached hydrogens (tertiary/aromatic N) is 3. The zero-order valence-corrected chi connectivity index (χ0v) is 16.5. The summed E-state index contributed by atoms with van der Waals surface area (Å²) in [4.78, 5) is 20.4. The number of benzene rings is 1. The fourth-order valence-corrected chi connectivity index (χ4v) is 5.08. The molecular weight excluding hydrogens is 378 g/mol. The molecule has 1 fully saturated rings. The summed E-state index contributed by atoms with van der Waals surface area (Å²) in [6, 6.07) is 9.20. The van der Waals surface area contributed by atoms with Gasteiger partial charge in [-0.2, -0.15) is 4.31 Å². The van der Waals surface area contributed by atoms with E-state index in [4.69, 9.17) is 0 Å². The van der Waals surface area contributed by atoms with Crippen LogP contribution in [-0.2, 0) is 23.5 Å². The molecule has 0 bridgehead atoms. The second-order valence-electron chi connectivity index (χ2n) is 6.99. The van der Waals surface area contributed by atoms with Gasteiger partial charge in [0, 0.05) is 39.3 Å². The molecule has 1 aliphatic rings. The Kier molecular flexibility index (Phi) is 4.94. The summed E-state index contributed by atoms with van der Waals surface area (Å²) in [5.41, 5.74) is 2.17. The summed E-state index contributed by atoms with van der Waals surface area (Å²) in [6.07, 6.45) is 3.81. The van der Waals surface area contributed by atoms with Crippen molar-refractivity contribution in [1.29, 1.82) is 0 Å². The number of amides is 1. The fourth-order valence-electron chi connectivity index (χ4n) is 3.49. The van der Waals surface area contributed by atoms with E-state index in [1.807, 2.05) is 24.3 Å². The van der Waals surface area contributed by atoms with Gasteiger partial charge in [-0.1, -0.05) is 12.1 Å². The number of hydrogen-bond donors (Lipinski definition) is 2. The third-order valence-electron chi connectivity index (χ3n) is 5.00. The van der Waals surface area contributed by atoms with Gasteiger partial charge in [-0.25, -0.2) is 13.4 Å². The molecular formula is C19H23N5O3S. The highest BCUT2D eigenvalue weighted by Crippen LogP contribution is 2.22. The van der Waals surface area contributed by atoms with Gasteiger partial charge in [0.15, 0.2) is 0 Å². The summed E-state index contributed by atoms with van der Waals surface area (Å²) in [5, 5.41) is 2.84. The zero-order valence-electron chi connectivity index (χ0n) is 15.7. The number of nitrogens with one attached hydrogen (secondary N) is 2. The first-order valence-electron chi connectivity index (χ1n) is 9.33. The van der Waals surface area contributed by atoms with Crippen LogP contribution in [-0.4, -0.2) is 52.8 Å². The Morgan fingerprint density at radius 3 is 2.75 bits per heavy atom. The molecule has 0 aliphatic carbocycles. The van der Waals surface area contributed by atoms with Gasteiger partial charge < -0.3 is 14.9 Å². The third kappa shape index (κ3) is 3.55. The number of carbonyl (C=O) groups is 1.